The third kappa shape index (κ3) is 2.58. The van der Waals surface area contributed by atoms with Crippen LogP contribution in [0.25, 0.3) is 0 Å². The van der Waals surface area contributed by atoms with Crippen molar-refractivity contribution in [1.29, 1.82) is 0 Å². The molecule has 0 bridgehead atoms. The Morgan fingerprint density at radius 3 is 2.65 bits per heavy atom. The maximum atomic E-state index is 11.5. The van der Waals surface area contributed by atoms with Crippen LogP contribution in [0.4, 0.5) is 5.88 Å². The van der Waals surface area contributed by atoms with Gasteiger partial charge in [0.1, 0.15) is 5.60 Å². The van der Waals surface area contributed by atoms with E-state index in [0.717, 1.165) is 0 Å². The average molecular weight is 242 g/mol. The van der Waals surface area contributed by atoms with E-state index in [1.165, 1.54) is 0 Å². The van der Waals surface area contributed by atoms with E-state index in [4.69, 9.17) is 19.6 Å². The van der Waals surface area contributed by atoms with E-state index in [0.29, 0.717) is 6.42 Å². The summed E-state index contributed by atoms with van der Waals surface area (Å²) in [4.78, 5) is 15.6. The molecule has 0 aliphatic rings. The van der Waals surface area contributed by atoms with Crippen molar-refractivity contribution in [2.45, 2.75) is 32.8 Å². The van der Waals surface area contributed by atoms with Gasteiger partial charge in [-0.3, -0.25) is 0 Å². The zero-order chi connectivity index (χ0) is 13.1. The number of ether oxygens (including phenoxy) is 2. The monoisotopic (exact) mass is 242 g/mol. The van der Waals surface area contributed by atoms with Crippen molar-refractivity contribution in [3.05, 3.63) is 11.6 Å². The second-order valence-corrected chi connectivity index (χ2v) is 3.74. The molecule has 0 saturated carbocycles. The number of carbonyl (C=O) groups excluding carboxylic acids is 1. The topological polar surface area (TPSA) is 87.6 Å². The van der Waals surface area contributed by atoms with Crippen LogP contribution in [0.1, 0.15) is 43.6 Å². The molecule has 1 heterocycles. The minimum absolute atomic E-state index is 0.00132. The van der Waals surface area contributed by atoms with Crippen LogP contribution in [0.2, 0.25) is 0 Å². The van der Waals surface area contributed by atoms with Gasteiger partial charge in [-0.2, -0.15) is 0 Å². The maximum Gasteiger partial charge on any atom is 0.362 e. The lowest BCUT2D eigenvalue weighted by molar-refractivity contribution is -0.0229. The van der Waals surface area contributed by atoms with Crippen molar-refractivity contribution in [2.24, 2.45) is 0 Å². The third-order valence-electron chi connectivity index (χ3n) is 2.70. The molecule has 0 fully saturated rings. The second-order valence-electron chi connectivity index (χ2n) is 3.74. The van der Waals surface area contributed by atoms with E-state index in [1.807, 2.05) is 13.8 Å². The summed E-state index contributed by atoms with van der Waals surface area (Å²) in [5, 5.41) is 0. The van der Waals surface area contributed by atoms with Crippen LogP contribution >= 0.6 is 0 Å². The van der Waals surface area contributed by atoms with Gasteiger partial charge in [0, 0.05) is 7.11 Å². The summed E-state index contributed by atoms with van der Waals surface area (Å²) in [7, 11) is 1.55. The highest BCUT2D eigenvalue weighted by molar-refractivity contribution is 5.91. The molecule has 0 aromatic carbocycles. The van der Waals surface area contributed by atoms with Crippen LogP contribution in [0.15, 0.2) is 4.42 Å². The van der Waals surface area contributed by atoms with Gasteiger partial charge in [0.2, 0.25) is 17.5 Å². The first-order valence-electron chi connectivity index (χ1n) is 5.47. The molecule has 17 heavy (non-hydrogen) atoms. The summed E-state index contributed by atoms with van der Waals surface area (Å²) >= 11 is 0. The number of esters is 1. The minimum Gasteiger partial charge on any atom is -0.461 e. The normalized spacial score (nSPS) is 14.4. The van der Waals surface area contributed by atoms with Crippen molar-refractivity contribution in [1.82, 2.24) is 4.98 Å². The Morgan fingerprint density at radius 2 is 2.18 bits per heavy atom. The van der Waals surface area contributed by atoms with Gasteiger partial charge in [0.05, 0.1) is 6.61 Å². The van der Waals surface area contributed by atoms with Crippen LogP contribution in [-0.4, -0.2) is 24.7 Å². The highest BCUT2D eigenvalue weighted by Gasteiger charge is 2.32. The predicted molar refractivity (Wildman–Crippen MR) is 61.5 cm³/mol. The molecule has 0 amide bonds. The van der Waals surface area contributed by atoms with E-state index >= 15 is 0 Å². The number of nitrogens with zero attached hydrogens (tertiary/aromatic N) is 1. The molecule has 0 spiro atoms. The minimum atomic E-state index is -0.696. The van der Waals surface area contributed by atoms with Crippen molar-refractivity contribution in [3.63, 3.8) is 0 Å². The molecular formula is C11H18N2O4. The number of hydrogen-bond donors (Lipinski definition) is 1. The smallest absolute Gasteiger partial charge is 0.362 e. The Balaban J connectivity index is 3.07. The number of methoxy groups -OCH3 is 1. The Labute approximate surface area is 100 Å². The molecule has 0 saturated heterocycles. The van der Waals surface area contributed by atoms with Gasteiger partial charge in [0.15, 0.2) is 0 Å². The van der Waals surface area contributed by atoms with E-state index in [2.05, 4.69) is 4.98 Å². The molecule has 1 unspecified atom stereocenters. The molecule has 1 rings (SSSR count). The highest BCUT2D eigenvalue weighted by Crippen LogP contribution is 2.30. The first-order valence-corrected chi connectivity index (χ1v) is 5.47. The van der Waals surface area contributed by atoms with Crippen LogP contribution in [-0.2, 0) is 15.1 Å². The molecule has 1 aromatic heterocycles. The Bertz CT molecular complexity index is 396. The molecular weight excluding hydrogens is 224 g/mol. The quantitative estimate of drug-likeness (QED) is 0.791. The highest BCUT2D eigenvalue weighted by atomic mass is 16.5. The predicted octanol–water partition coefficient (Wildman–Crippen LogP) is 1.71. The fraction of sp³-hybridized carbons (Fsp3) is 0.636. The van der Waals surface area contributed by atoms with E-state index in [9.17, 15) is 4.79 Å². The second kappa shape index (κ2) is 5.18. The molecule has 0 aliphatic carbocycles. The fourth-order valence-electron chi connectivity index (χ4n) is 1.29. The van der Waals surface area contributed by atoms with Crippen LogP contribution < -0.4 is 5.73 Å². The summed E-state index contributed by atoms with van der Waals surface area (Å²) in [5.41, 5.74) is 4.90. The Hall–Kier alpha value is -1.56. The fourth-order valence-corrected chi connectivity index (χ4v) is 1.29. The van der Waals surface area contributed by atoms with Gasteiger partial charge in [-0.1, -0.05) is 6.92 Å². The van der Waals surface area contributed by atoms with Crippen molar-refractivity contribution < 1.29 is 18.7 Å². The number of nitrogens with two attached hydrogens (primary N) is 1. The molecule has 6 nitrogen and oxygen atoms in total. The lowest BCUT2D eigenvalue weighted by Gasteiger charge is -2.22. The van der Waals surface area contributed by atoms with Crippen molar-refractivity contribution in [2.75, 3.05) is 19.5 Å². The number of nitrogen functional groups attached to an aromatic ring is 1. The first-order chi connectivity index (χ1) is 7.98. The summed E-state index contributed by atoms with van der Waals surface area (Å²) in [6, 6.07) is 0. The third-order valence-corrected chi connectivity index (χ3v) is 2.70. The van der Waals surface area contributed by atoms with E-state index in [1.54, 1.807) is 14.0 Å². The number of hydrogen-bond acceptors (Lipinski definition) is 6. The number of carbonyl (C=O) groups is 1. The molecule has 1 aromatic rings. The lowest BCUT2D eigenvalue weighted by atomic mass is 10.0. The average Bonchev–Trinajstić information content (AvgIpc) is 2.71. The zero-order valence-corrected chi connectivity index (χ0v) is 10.6. The van der Waals surface area contributed by atoms with Crippen LogP contribution in [0, 0.1) is 0 Å². The number of anilines is 1. The number of oxazole rings is 1. The first kappa shape index (κ1) is 13.5. The number of rotatable bonds is 5. The molecule has 0 aliphatic heterocycles. The SMILES string of the molecule is CCOC(=O)c1nc(C(C)(CC)OC)oc1N. The van der Waals surface area contributed by atoms with Crippen molar-refractivity contribution in [3.8, 4) is 0 Å². The summed E-state index contributed by atoms with van der Waals surface area (Å²) in [5.74, 6) is -0.354. The van der Waals surface area contributed by atoms with Gasteiger partial charge in [-0.05, 0) is 20.3 Å². The summed E-state index contributed by atoms with van der Waals surface area (Å²) in [6.07, 6.45) is 0.645. The van der Waals surface area contributed by atoms with Gasteiger partial charge in [-0.15, -0.1) is 0 Å². The van der Waals surface area contributed by atoms with Crippen molar-refractivity contribution >= 4 is 11.9 Å². The van der Waals surface area contributed by atoms with Crippen LogP contribution in [0.3, 0.4) is 0 Å². The lowest BCUT2D eigenvalue weighted by Crippen LogP contribution is -2.23. The van der Waals surface area contributed by atoms with E-state index in [-0.39, 0.29) is 24.1 Å². The standard InChI is InChI=1S/C11H18N2O4/c1-5-11(3,15-4)10-13-7(8(12)17-10)9(14)16-6-2/h5-6,12H2,1-4H3. The maximum absolute atomic E-state index is 11.5. The molecule has 0 radical (unpaired) electrons. The van der Waals surface area contributed by atoms with E-state index < -0.39 is 11.6 Å². The van der Waals surface area contributed by atoms with Gasteiger partial charge in [0.25, 0.3) is 0 Å². The van der Waals surface area contributed by atoms with Gasteiger partial charge < -0.3 is 19.6 Å². The molecule has 1 atom stereocenters. The zero-order valence-electron chi connectivity index (χ0n) is 10.6. The van der Waals surface area contributed by atoms with Crippen LogP contribution in [0.5, 0.6) is 0 Å². The van der Waals surface area contributed by atoms with Gasteiger partial charge in [-0.25, -0.2) is 9.78 Å². The summed E-state index contributed by atoms with van der Waals surface area (Å²) in [6.45, 7) is 5.71. The number of aromatic nitrogens is 1. The Morgan fingerprint density at radius 1 is 1.53 bits per heavy atom. The Kier molecular flexibility index (Phi) is 4.11. The molecule has 2 N–H and O–H groups in total. The summed E-state index contributed by atoms with van der Waals surface area (Å²) < 4.78 is 15.4. The molecule has 6 heteroatoms. The molecule has 96 valence electrons. The van der Waals surface area contributed by atoms with Gasteiger partial charge >= 0.3 is 5.97 Å². The largest absolute Gasteiger partial charge is 0.461 e.